The minimum atomic E-state index is -0.289. The first-order chi connectivity index (χ1) is 13.6. The van der Waals surface area contributed by atoms with E-state index in [9.17, 15) is 9.59 Å². The van der Waals surface area contributed by atoms with Crippen LogP contribution in [0.5, 0.6) is 0 Å². The van der Waals surface area contributed by atoms with E-state index in [1.165, 1.54) is 12.4 Å². The number of para-hydroxylation sites is 1. The average molecular weight is 383 g/mol. The van der Waals surface area contributed by atoms with Crippen LogP contribution in [0.4, 0.5) is 16.4 Å². The summed E-state index contributed by atoms with van der Waals surface area (Å²) in [6.45, 7) is 6.55. The van der Waals surface area contributed by atoms with Gasteiger partial charge >= 0.3 is 6.09 Å². The molecule has 2 amide bonds. The topological polar surface area (TPSA) is 87.7 Å². The third kappa shape index (κ3) is 4.57. The van der Waals surface area contributed by atoms with E-state index in [1.807, 2.05) is 36.1 Å². The molecule has 1 saturated heterocycles. The van der Waals surface area contributed by atoms with Gasteiger partial charge in [0, 0.05) is 44.3 Å². The highest BCUT2D eigenvalue weighted by Crippen LogP contribution is 2.17. The lowest BCUT2D eigenvalue weighted by Gasteiger charge is -2.33. The first-order valence-corrected chi connectivity index (χ1v) is 9.50. The smallest absolute Gasteiger partial charge is 0.409 e. The Bertz CT molecular complexity index is 817. The van der Waals surface area contributed by atoms with E-state index in [0.717, 1.165) is 17.7 Å². The lowest BCUT2D eigenvalue weighted by atomic mass is 10.1. The Labute approximate surface area is 164 Å². The van der Waals surface area contributed by atoms with Gasteiger partial charge in [0.1, 0.15) is 0 Å². The second kappa shape index (κ2) is 9.16. The van der Waals surface area contributed by atoms with Crippen molar-refractivity contribution in [3.05, 3.63) is 47.8 Å². The molecule has 8 heteroatoms. The van der Waals surface area contributed by atoms with E-state index in [0.29, 0.717) is 44.3 Å². The van der Waals surface area contributed by atoms with Gasteiger partial charge in [-0.05, 0) is 25.0 Å². The summed E-state index contributed by atoms with van der Waals surface area (Å²) in [5.41, 5.74) is 2.28. The largest absolute Gasteiger partial charge is 0.450 e. The van der Waals surface area contributed by atoms with Crippen LogP contribution in [0, 0.1) is 0 Å². The molecule has 0 unspecified atom stereocenters. The molecule has 0 bridgehead atoms. The Kier molecular flexibility index (Phi) is 6.41. The van der Waals surface area contributed by atoms with Crippen molar-refractivity contribution in [3.8, 4) is 0 Å². The van der Waals surface area contributed by atoms with Gasteiger partial charge in [-0.15, -0.1) is 0 Å². The zero-order valence-electron chi connectivity index (χ0n) is 16.2. The van der Waals surface area contributed by atoms with Crippen LogP contribution in [0.3, 0.4) is 0 Å². The van der Waals surface area contributed by atoms with Crippen LogP contribution >= 0.6 is 0 Å². The van der Waals surface area contributed by atoms with Crippen LogP contribution in [0.15, 0.2) is 36.7 Å². The van der Waals surface area contributed by atoms with E-state index in [4.69, 9.17) is 4.74 Å². The van der Waals surface area contributed by atoms with Crippen molar-refractivity contribution in [1.29, 1.82) is 0 Å². The van der Waals surface area contributed by atoms with Gasteiger partial charge in [0.25, 0.3) is 5.91 Å². The van der Waals surface area contributed by atoms with Crippen molar-refractivity contribution < 1.29 is 14.3 Å². The molecule has 1 aliphatic rings. The zero-order valence-corrected chi connectivity index (χ0v) is 16.2. The maximum Gasteiger partial charge on any atom is 0.409 e. The van der Waals surface area contributed by atoms with Gasteiger partial charge < -0.3 is 19.9 Å². The molecule has 1 aromatic carbocycles. The summed E-state index contributed by atoms with van der Waals surface area (Å²) in [6.07, 6.45) is 3.61. The molecule has 3 rings (SSSR count). The maximum atomic E-state index is 12.5. The molecule has 2 aromatic rings. The molecule has 0 spiro atoms. The number of nitrogens with zero attached hydrogens (tertiary/aromatic N) is 4. The van der Waals surface area contributed by atoms with Crippen molar-refractivity contribution in [2.75, 3.05) is 43.0 Å². The number of hydrogen-bond acceptors (Lipinski definition) is 6. The lowest BCUT2D eigenvalue weighted by molar-refractivity contribution is 0.102. The van der Waals surface area contributed by atoms with Gasteiger partial charge in [-0.25, -0.2) is 14.8 Å². The van der Waals surface area contributed by atoms with Crippen molar-refractivity contribution in [2.24, 2.45) is 0 Å². The third-order valence-electron chi connectivity index (χ3n) is 4.64. The number of carbonyl (C=O) groups excluding carboxylic acids is 2. The number of hydrogen-bond donors (Lipinski definition) is 1. The van der Waals surface area contributed by atoms with Crippen molar-refractivity contribution in [1.82, 2.24) is 14.9 Å². The summed E-state index contributed by atoms with van der Waals surface area (Å²) < 4.78 is 5.02. The summed E-state index contributed by atoms with van der Waals surface area (Å²) in [7, 11) is 0. The Hall–Kier alpha value is -3.16. The predicted octanol–water partition coefficient (Wildman–Crippen LogP) is 2.57. The predicted molar refractivity (Wildman–Crippen MR) is 107 cm³/mol. The molecule has 1 fully saturated rings. The highest BCUT2D eigenvalue weighted by Gasteiger charge is 2.23. The van der Waals surface area contributed by atoms with Gasteiger partial charge in [-0.2, -0.15) is 0 Å². The number of nitrogens with one attached hydrogen (secondary N) is 1. The molecule has 28 heavy (non-hydrogen) atoms. The fourth-order valence-corrected chi connectivity index (χ4v) is 3.05. The first-order valence-electron chi connectivity index (χ1n) is 9.50. The van der Waals surface area contributed by atoms with Gasteiger partial charge in [-0.1, -0.05) is 25.1 Å². The highest BCUT2D eigenvalue weighted by molar-refractivity contribution is 6.04. The second-order valence-corrected chi connectivity index (χ2v) is 6.41. The van der Waals surface area contributed by atoms with Gasteiger partial charge in [-0.3, -0.25) is 4.79 Å². The summed E-state index contributed by atoms with van der Waals surface area (Å²) in [6, 6.07) is 7.72. The van der Waals surface area contributed by atoms with E-state index in [-0.39, 0.29) is 12.0 Å². The van der Waals surface area contributed by atoms with Crippen molar-refractivity contribution in [3.63, 3.8) is 0 Å². The summed E-state index contributed by atoms with van der Waals surface area (Å²) in [5, 5.41) is 2.92. The molecule has 1 N–H and O–H groups in total. The number of amides is 2. The van der Waals surface area contributed by atoms with E-state index < -0.39 is 0 Å². The van der Waals surface area contributed by atoms with Crippen LogP contribution in [0.25, 0.3) is 0 Å². The van der Waals surface area contributed by atoms with Gasteiger partial charge in [0.05, 0.1) is 12.2 Å². The third-order valence-corrected chi connectivity index (χ3v) is 4.64. The number of aryl methyl sites for hydroxylation is 1. The van der Waals surface area contributed by atoms with Crippen LogP contribution in [0.2, 0.25) is 0 Å². The van der Waals surface area contributed by atoms with Gasteiger partial charge in [0.15, 0.2) is 0 Å². The minimum Gasteiger partial charge on any atom is -0.450 e. The zero-order chi connectivity index (χ0) is 19.9. The van der Waals surface area contributed by atoms with Crippen LogP contribution in [0.1, 0.15) is 29.8 Å². The summed E-state index contributed by atoms with van der Waals surface area (Å²) in [5.74, 6) is 0.314. The SMILES string of the molecule is CCOC(=O)N1CCN(c2ncc(C(=O)Nc3ccccc3CC)cn2)CC1. The lowest BCUT2D eigenvalue weighted by Crippen LogP contribution is -2.49. The molecule has 8 nitrogen and oxygen atoms in total. The molecule has 0 saturated carbocycles. The molecule has 0 atom stereocenters. The van der Waals surface area contributed by atoms with Crippen LogP contribution in [-0.4, -0.2) is 59.7 Å². The number of ether oxygens (including phenoxy) is 1. The van der Waals surface area contributed by atoms with Crippen LogP contribution in [-0.2, 0) is 11.2 Å². The normalized spacial score (nSPS) is 13.9. The number of anilines is 2. The number of rotatable bonds is 5. The molecule has 1 aliphatic heterocycles. The highest BCUT2D eigenvalue weighted by atomic mass is 16.6. The van der Waals surface area contributed by atoms with Crippen molar-refractivity contribution in [2.45, 2.75) is 20.3 Å². The van der Waals surface area contributed by atoms with E-state index >= 15 is 0 Å². The van der Waals surface area contributed by atoms with E-state index in [2.05, 4.69) is 15.3 Å². The van der Waals surface area contributed by atoms with Crippen molar-refractivity contribution >= 4 is 23.6 Å². The Morgan fingerprint density at radius 3 is 2.39 bits per heavy atom. The van der Waals surface area contributed by atoms with E-state index in [1.54, 1.807) is 11.8 Å². The molecule has 1 aromatic heterocycles. The number of carbonyl (C=O) groups is 2. The minimum absolute atomic E-state index is 0.236. The molecule has 148 valence electrons. The quantitative estimate of drug-likeness (QED) is 0.854. The number of aromatic nitrogens is 2. The monoisotopic (exact) mass is 383 g/mol. The molecular weight excluding hydrogens is 358 g/mol. The molecule has 2 heterocycles. The second-order valence-electron chi connectivity index (χ2n) is 6.41. The molecule has 0 aliphatic carbocycles. The summed E-state index contributed by atoms with van der Waals surface area (Å²) in [4.78, 5) is 36.6. The fraction of sp³-hybridized carbons (Fsp3) is 0.400. The Morgan fingerprint density at radius 1 is 1.07 bits per heavy atom. The average Bonchev–Trinajstić information content (AvgIpc) is 2.74. The molecule has 0 radical (unpaired) electrons. The number of benzene rings is 1. The summed E-state index contributed by atoms with van der Waals surface area (Å²) >= 11 is 0. The number of piperazine rings is 1. The first kappa shape index (κ1) is 19.6. The van der Waals surface area contributed by atoms with Crippen LogP contribution < -0.4 is 10.2 Å². The Morgan fingerprint density at radius 2 is 1.75 bits per heavy atom. The standard InChI is InChI=1S/C20H25N5O3/c1-3-15-7-5-6-8-17(15)23-18(26)16-13-21-19(22-14-16)24-9-11-25(12-10-24)20(27)28-4-2/h5-8,13-14H,3-4,9-12H2,1-2H3,(H,23,26). The fourth-order valence-electron chi connectivity index (χ4n) is 3.05. The Balaban J connectivity index is 1.59. The molecular formula is C20H25N5O3. The maximum absolute atomic E-state index is 12.5. The van der Waals surface area contributed by atoms with Gasteiger partial charge in [0.2, 0.25) is 5.95 Å².